The molecule has 0 radical (unpaired) electrons. The number of aliphatic carboxylic acids is 1. The van der Waals surface area contributed by atoms with E-state index in [1.165, 1.54) is 12.8 Å². The number of carbonyl (C=O) groups is 2. The Kier molecular flexibility index (Phi) is 4.37. The van der Waals surface area contributed by atoms with Gasteiger partial charge >= 0.3 is 5.97 Å². The summed E-state index contributed by atoms with van der Waals surface area (Å²) in [6.45, 7) is 3.71. The van der Waals surface area contributed by atoms with Crippen LogP contribution < -0.4 is 5.32 Å². The maximum absolute atomic E-state index is 12.0. The van der Waals surface area contributed by atoms with Gasteiger partial charge in [-0.2, -0.15) is 0 Å². The zero-order chi connectivity index (χ0) is 14.7. The molecule has 1 aliphatic carbocycles. The molecule has 5 nitrogen and oxygen atoms in total. The number of aromatic nitrogens is 1. The van der Waals surface area contributed by atoms with E-state index in [0.29, 0.717) is 12.3 Å². The molecule has 2 N–H and O–H groups in total. The number of rotatable bonds is 6. The smallest absolute Gasteiger partial charge is 0.326 e. The fourth-order valence-corrected chi connectivity index (χ4v) is 2.10. The molecular formula is C15H20N2O3. The quantitative estimate of drug-likeness (QED) is 0.834. The number of hydrogen-bond acceptors (Lipinski definition) is 3. The lowest BCUT2D eigenvalue weighted by molar-refractivity contribution is -0.140. The lowest BCUT2D eigenvalue weighted by Crippen LogP contribution is -2.45. The van der Waals surface area contributed by atoms with E-state index < -0.39 is 17.9 Å². The number of nitrogens with one attached hydrogen (secondary N) is 1. The Morgan fingerprint density at radius 2 is 2.15 bits per heavy atom. The lowest BCUT2D eigenvalue weighted by atomic mass is 9.99. The van der Waals surface area contributed by atoms with Crippen molar-refractivity contribution in [2.24, 2.45) is 5.92 Å². The molecule has 2 atom stereocenters. The molecule has 2 rings (SSSR count). The van der Waals surface area contributed by atoms with Crippen molar-refractivity contribution in [1.29, 1.82) is 0 Å². The molecule has 1 heterocycles. The Labute approximate surface area is 118 Å². The van der Waals surface area contributed by atoms with E-state index in [2.05, 4.69) is 10.3 Å². The van der Waals surface area contributed by atoms with Crippen LogP contribution in [0.25, 0.3) is 0 Å². The number of nitrogens with zero attached hydrogens (tertiary/aromatic N) is 1. The fourth-order valence-electron chi connectivity index (χ4n) is 2.10. The summed E-state index contributed by atoms with van der Waals surface area (Å²) in [4.78, 5) is 27.4. The van der Waals surface area contributed by atoms with E-state index in [-0.39, 0.29) is 11.6 Å². The van der Waals surface area contributed by atoms with E-state index in [1.807, 2.05) is 19.9 Å². The molecule has 0 aromatic carbocycles. The third kappa shape index (κ3) is 3.35. The van der Waals surface area contributed by atoms with E-state index in [9.17, 15) is 9.59 Å². The van der Waals surface area contributed by atoms with Gasteiger partial charge in [-0.15, -0.1) is 0 Å². The Bertz CT molecular complexity index is 494. The van der Waals surface area contributed by atoms with Gasteiger partial charge in [0.1, 0.15) is 11.7 Å². The van der Waals surface area contributed by atoms with Crippen molar-refractivity contribution in [3.05, 3.63) is 29.6 Å². The Morgan fingerprint density at radius 3 is 2.60 bits per heavy atom. The molecule has 0 spiro atoms. The van der Waals surface area contributed by atoms with E-state index in [4.69, 9.17) is 5.11 Å². The van der Waals surface area contributed by atoms with E-state index >= 15 is 0 Å². The molecule has 1 amide bonds. The van der Waals surface area contributed by atoms with Gasteiger partial charge in [0.15, 0.2) is 0 Å². The molecule has 0 bridgehead atoms. The highest BCUT2D eigenvalue weighted by Crippen LogP contribution is 2.39. The molecule has 0 unspecified atom stereocenters. The highest BCUT2D eigenvalue weighted by Gasteiger charge is 2.27. The molecule has 1 aromatic heterocycles. The largest absolute Gasteiger partial charge is 0.480 e. The topological polar surface area (TPSA) is 79.3 Å². The van der Waals surface area contributed by atoms with Gasteiger partial charge in [0.25, 0.3) is 5.91 Å². The summed E-state index contributed by atoms with van der Waals surface area (Å²) in [5.41, 5.74) is 1.42. The van der Waals surface area contributed by atoms with Crippen LogP contribution in [0.1, 0.15) is 55.1 Å². The molecule has 0 saturated heterocycles. The third-order valence-corrected chi connectivity index (χ3v) is 3.83. The molecule has 1 aromatic rings. The summed E-state index contributed by atoms with van der Waals surface area (Å²) >= 11 is 0. The first-order chi connectivity index (χ1) is 9.52. The Morgan fingerprint density at radius 1 is 1.45 bits per heavy atom. The minimum absolute atomic E-state index is 0.123. The van der Waals surface area contributed by atoms with Crippen LogP contribution >= 0.6 is 0 Å². The first kappa shape index (κ1) is 14.5. The Hall–Kier alpha value is -1.91. The van der Waals surface area contributed by atoms with Crippen LogP contribution in [-0.2, 0) is 4.79 Å². The van der Waals surface area contributed by atoms with Gasteiger partial charge in [0, 0.05) is 6.20 Å². The van der Waals surface area contributed by atoms with Gasteiger partial charge in [-0.3, -0.25) is 9.78 Å². The van der Waals surface area contributed by atoms with E-state index in [0.717, 1.165) is 5.56 Å². The van der Waals surface area contributed by atoms with Gasteiger partial charge in [-0.1, -0.05) is 26.3 Å². The highest BCUT2D eigenvalue weighted by atomic mass is 16.4. The SMILES string of the molecule is CC[C@H](C)[C@H](NC(=O)c1ccc(C2CC2)cn1)C(=O)O. The molecule has 108 valence electrons. The van der Waals surface area contributed by atoms with Crippen molar-refractivity contribution < 1.29 is 14.7 Å². The third-order valence-electron chi connectivity index (χ3n) is 3.83. The predicted octanol–water partition coefficient (Wildman–Crippen LogP) is 2.19. The van der Waals surface area contributed by atoms with Gasteiger partial charge in [0.05, 0.1) is 0 Å². The van der Waals surface area contributed by atoms with Crippen LogP contribution in [0.15, 0.2) is 18.3 Å². The first-order valence-electron chi connectivity index (χ1n) is 7.02. The summed E-state index contributed by atoms with van der Waals surface area (Å²) < 4.78 is 0. The standard InChI is InChI=1S/C15H20N2O3/c1-3-9(2)13(15(19)20)17-14(18)12-7-6-11(8-16-12)10-4-5-10/h6-10,13H,3-5H2,1-2H3,(H,17,18)(H,19,20)/t9-,13-/m0/s1. The van der Waals surface area contributed by atoms with Gasteiger partial charge in [-0.05, 0) is 36.3 Å². The second-order valence-electron chi connectivity index (χ2n) is 5.43. The molecule has 20 heavy (non-hydrogen) atoms. The second-order valence-corrected chi connectivity index (χ2v) is 5.43. The fraction of sp³-hybridized carbons (Fsp3) is 0.533. The average molecular weight is 276 g/mol. The van der Waals surface area contributed by atoms with Crippen LogP contribution in [0.5, 0.6) is 0 Å². The highest BCUT2D eigenvalue weighted by molar-refractivity contribution is 5.95. The maximum atomic E-state index is 12.0. The van der Waals surface area contributed by atoms with Crippen LogP contribution in [0, 0.1) is 5.92 Å². The normalized spacial score (nSPS) is 17.3. The Balaban J connectivity index is 2.03. The lowest BCUT2D eigenvalue weighted by Gasteiger charge is -2.19. The van der Waals surface area contributed by atoms with Crippen molar-refractivity contribution in [2.45, 2.75) is 45.1 Å². The van der Waals surface area contributed by atoms with Crippen LogP contribution in [0.3, 0.4) is 0 Å². The summed E-state index contributed by atoms with van der Waals surface area (Å²) in [5, 5.41) is 11.7. The maximum Gasteiger partial charge on any atom is 0.326 e. The number of carboxylic acids is 1. The molecule has 5 heteroatoms. The summed E-state index contributed by atoms with van der Waals surface area (Å²) in [6.07, 6.45) is 4.77. The molecule has 0 aliphatic heterocycles. The minimum Gasteiger partial charge on any atom is -0.480 e. The number of carboxylic acid groups (broad SMARTS) is 1. The van der Waals surface area contributed by atoms with Crippen molar-refractivity contribution in [1.82, 2.24) is 10.3 Å². The predicted molar refractivity (Wildman–Crippen MR) is 74.6 cm³/mol. The summed E-state index contributed by atoms with van der Waals surface area (Å²) in [5.74, 6) is -0.976. The van der Waals surface area contributed by atoms with Crippen LogP contribution in [0.2, 0.25) is 0 Å². The molecule has 1 aliphatic rings. The van der Waals surface area contributed by atoms with Crippen molar-refractivity contribution >= 4 is 11.9 Å². The zero-order valence-electron chi connectivity index (χ0n) is 11.8. The number of pyridine rings is 1. The van der Waals surface area contributed by atoms with Gasteiger partial charge in [0.2, 0.25) is 0 Å². The van der Waals surface area contributed by atoms with Crippen molar-refractivity contribution in [3.63, 3.8) is 0 Å². The van der Waals surface area contributed by atoms with E-state index in [1.54, 1.807) is 12.3 Å². The summed E-state index contributed by atoms with van der Waals surface area (Å²) in [6, 6.07) is 2.69. The minimum atomic E-state index is -1.01. The van der Waals surface area contributed by atoms with Crippen LogP contribution in [-0.4, -0.2) is 28.0 Å². The van der Waals surface area contributed by atoms with Crippen molar-refractivity contribution in [2.75, 3.05) is 0 Å². The summed E-state index contributed by atoms with van der Waals surface area (Å²) in [7, 11) is 0. The number of amides is 1. The molecule has 1 fully saturated rings. The van der Waals surface area contributed by atoms with Gasteiger partial charge in [-0.25, -0.2) is 4.79 Å². The second kappa shape index (κ2) is 6.03. The first-order valence-corrected chi connectivity index (χ1v) is 7.02. The van der Waals surface area contributed by atoms with Crippen molar-refractivity contribution in [3.8, 4) is 0 Å². The molecule has 1 saturated carbocycles. The molecular weight excluding hydrogens is 256 g/mol. The average Bonchev–Trinajstić information content (AvgIpc) is 3.28. The monoisotopic (exact) mass is 276 g/mol. The van der Waals surface area contributed by atoms with Gasteiger partial charge < -0.3 is 10.4 Å². The number of carbonyl (C=O) groups excluding carboxylic acids is 1. The van der Waals surface area contributed by atoms with Crippen LogP contribution in [0.4, 0.5) is 0 Å². The zero-order valence-corrected chi connectivity index (χ0v) is 11.8. The number of hydrogen-bond donors (Lipinski definition) is 2.